The topological polar surface area (TPSA) is 17.1 Å². The van der Waals surface area contributed by atoms with Gasteiger partial charge in [0.25, 0.3) is 0 Å². The predicted molar refractivity (Wildman–Crippen MR) is 47.2 cm³/mol. The number of terminal acetylenes is 1. The lowest BCUT2D eigenvalue weighted by molar-refractivity contribution is 0.106. The van der Waals surface area contributed by atoms with Gasteiger partial charge in [-0.05, 0) is 23.8 Å². The Labute approximate surface area is 74.0 Å². The number of aryl methyl sites for hydroxylation is 1. The Kier molecular flexibility index (Phi) is 2.33. The van der Waals surface area contributed by atoms with Crippen molar-refractivity contribution in [3.63, 3.8) is 0 Å². The van der Waals surface area contributed by atoms with Crippen LogP contribution in [0.1, 0.15) is 15.2 Å². The van der Waals surface area contributed by atoms with E-state index in [4.69, 9.17) is 18.0 Å². The van der Waals surface area contributed by atoms with Crippen LogP contribution in [0.2, 0.25) is 5.02 Å². The molecule has 0 unspecified atom stereocenters. The fourth-order valence-electron chi connectivity index (χ4n) is 0.649. The highest BCUT2D eigenvalue weighted by molar-refractivity contribution is 7.13. The van der Waals surface area contributed by atoms with E-state index in [-0.39, 0.29) is 5.78 Å². The van der Waals surface area contributed by atoms with E-state index in [1.54, 1.807) is 0 Å². The van der Waals surface area contributed by atoms with Crippen LogP contribution in [0.5, 0.6) is 0 Å². The summed E-state index contributed by atoms with van der Waals surface area (Å²) in [6, 6.07) is 0. The van der Waals surface area contributed by atoms with Gasteiger partial charge in [0.1, 0.15) is 4.88 Å². The second-order valence-electron chi connectivity index (χ2n) is 2.04. The van der Waals surface area contributed by atoms with Crippen LogP contribution in [0.25, 0.3) is 0 Å². The number of halogens is 1. The average Bonchev–Trinajstić information content (AvgIpc) is 2.32. The molecule has 0 amide bonds. The van der Waals surface area contributed by atoms with Gasteiger partial charge in [-0.25, -0.2) is 0 Å². The maximum atomic E-state index is 10.9. The maximum Gasteiger partial charge on any atom is 0.247 e. The summed E-state index contributed by atoms with van der Waals surface area (Å²) < 4.78 is 0. The van der Waals surface area contributed by atoms with Crippen LogP contribution in [-0.4, -0.2) is 5.78 Å². The molecule has 1 aromatic rings. The van der Waals surface area contributed by atoms with Crippen LogP contribution in [0.4, 0.5) is 0 Å². The van der Waals surface area contributed by atoms with E-state index in [9.17, 15) is 4.79 Å². The van der Waals surface area contributed by atoms with Gasteiger partial charge in [-0.15, -0.1) is 17.8 Å². The summed E-state index contributed by atoms with van der Waals surface area (Å²) >= 11 is 7.06. The Morgan fingerprint density at radius 3 is 2.82 bits per heavy atom. The summed E-state index contributed by atoms with van der Waals surface area (Å²) in [6.07, 6.45) is 4.93. The molecule has 3 heteroatoms. The van der Waals surface area contributed by atoms with Crippen LogP contribution in [0, 0.1) is 19.3 Å². The summed E-state index contributed by atoms with van der Waals surface area (Å²) in [5.41, 5.74) is 0.898. The van der Waals surface area contributed by atoms with Gasteiger partial charge < -0.3 is 0 Å². The molecule has 0 atom stereocenters. The first-order chi connectivity index (χ1) is 5.16. The minimum absolute atomic E-state index is 0.340. The zero-order valence-corrected chi connectivity index (χ0v) is 7.42. The third kappa shape index (κ3) is 1.45. The number of carbonyl (C=O) groups is 1. The third-order valence-corrected chi connectivity index (χ3v) is 2.93. The Morgan fingerprint density at radius 1 is 1.82 bits per heavy atom. The normalized spacial score (nSPS) is 9.18. The molecule has 0 aliphatic carbocycles. The summed E-state index contributed by atoms with van der Waals surface area (Å²) in [5.74, 6) is 1.68. The SMILES string of the molecule is C#CC(=O)c1scc(C)c1Cl. The molecule has 0 bridgehead atoms. The number of Topliss-reactive ketones (excluding diaryl/α,β-unsaturated/α-hetero) is 1. The lowest BCUT2D eigenvalue weighted by Crippen LogP contribution is -1.90. The summed E-state index contributed by atoms with van der Waals surface area (Å²) in [7, 11) is 0. The van der Waals surface area contributed by atoms with Crippen LogP contribution >= 0.6 is 22.9 Å². The Bertz CT molecular complexity index is 332. The summed E-state index contributed by atoms with van der Waals surface area (Å²) in [5, 5.41) is 2.30. The Morgan fingerprint density at radius 2 is 2.45 bits per heavy atom. The number of ketones is 1. The predicted octanol–water partition coefficient (Wildman–Crippen LogP) is 2.53. The van der Waals surface area contributed by atoms with Gasteiger partial charge in [0.15, 0.2) is 0 Å². The molecule has 1 aromatic heterocycles. The lowest BCUT2D eigenvalue weighted by atomic mass is 10.3. The van der Waals surface area contributed by atoms with Crippen molar-refractivity contribution in [2.75, 3.05) is 0 Å². The van der Waals surface area contributed by atoms with E-state index in [2.05, 4.69) is 0 Å². The standard InChI is InChI=1S/C8H5ClOS/c1-3-6(10)8-7(9)5(2)4-11-8/h1,4H,2H3. The third-order valence-electron chi connectivity index (χ3n) is 1.24. The first-order valence-corrected chi connectivity index (χ1v) is 4.17. The molecule has 0 saturated heterocycles. The van der Waals surface area contributed by atoms with Gasteiger partial charge in [0.2, 0.25) is 5.78 Å². The van der Waals surface area contributed by atoms with Crippen molar-refractivity contribution >= 4 is 28.7 Å². The van der Waals surface area contributed by atoms with Crippen molar-refractivity contribution in [1.82, 2.24) is 0 Å². The van der Waals surface area contributed by atoms with E-state index in [0.29, 0.717) is 9.90 Å². The van der Waals surface area contributed by atoms with E-state index < -0.39 is 0 Å². The van der Waals surface area contributed by atoms with Gasteiger partial charge in [0.05, 0.1) is 5.02 Å². The van der Waals surface area contributed by atoms with Crippen LogP contribution in [0.15, 0.2) is 5.38 Å². The molecule has 1 rings (SSSR count). The molecule has 0 radical (unpaired) electrons. The van der Waals surface area contributed by atoms with Crippen molar-refractivity contribution in [2.45, 2.75) is 6.92 Å². The molecular formula is C8H5ClOS. The fourth-order valence-corrected chi connectivity index (χ4v) is 1.83. The molecule has 0 N–H and O–H groups in total. The highest BCUT2D eigenvalue weighted by atomic mass is 35.5. The van der Waals surface area contributed by atoms with E-state index in [1.165, 1.54) is 11.3 Å². The molecule has 0 fully saturated rings. The van der Waals surface area contributed by atoms with Crippen LogP contribution < -0.4 is 0 Å². The van der Waals surface area contributed by atoms with E-state index in [1.807, 2.05) is 18.2 Å². The number of carbonyl (C=O) groups excluding carboxylic acids is 1. The van der Waals surface area contributed by atoms with Gasteiger partial charge in [0, 0.05) is 0 Å². The Hall–Kier alpha value is -0.780. The van der Waals surface area contributed by atoms with Gasteiger partial charge in [-0.1, -0.05) is 11.6 Å². The summed E-state index contributed by atoms with van der Waals surface area (Å²) in [4.78, 5) is 11.4. The molecule has 56 valence electrons. The van der Waals surface area contributed by atoms with Crippen molar-refractivity contribution in [3.05, 3.63) is 20.8 Å². The molecule has 0 aliphatic heterocycles. The first kappa shape index (κ1) is 8.32. The number of thiophene rings is 1. The smallest absolute Gasteiger partial charge is 0.247 e. The molecule has 1 nitrogen and oxygen atoms in total. The molecule has 0 aliphatic rings. The van der Waals surface area contributed by atoms with Gasteiger partial charge in [-0.2, -0.15) is 0 Å². The summed E-state index contributed by atoms with van der Waals surface area (Å²) in [6.45, 7) is 1.84. The quantitative estimate of drug-likeness (QED) is 0.373. The molecule has 0 spiro atoms. The number of hydrogen-bond acceptors (Lipinski definition) is 2. The maximum absolute atomic E-state index is 10.9. The zero-order valence-electron chi connectivity index (χ0n) is 5.85. The zero-order chi connectivity index (χ0) is 8.43. The average molecular weight is 185 g/mol. The van der Waals surface area contributed by atoms with Gasteiger partial charge in [-0.3, -0.25) is 4.79 Å². The van der Waals surface area contributed by atoms with Crippen molar-refractivity contribution in [1.29, 1.82) is 0 Å². The number of hydrogen-bond donors (Lipinski definition) is 0. The minimum Gasteiger partial charge on any atom is -0.278 e. The molecule has 1 heterocycles. The van der Waals surface area contributed by atoms with Crippen molar-refractivity contribution < 1.29 is 4.79 Å². The van der Waals surface area contributed by atoms with Crippen molar-refractivity contribution in [3.8, 4) is 12.3 Å². The second kappa shape index (κ2) is 3.08. The van der Waals surface area contributed by atoms with E-state index >= 15 is 0 Å². The highest BCUT2D eigenvalue weighted by Crippen LogP contribution is 2.26. The molecular weight excluding hydrogens is 180 g/mol. The second-order valence-corrected chi connectivity index (χ2v) is 3.29. The minimum atomic E-state index is -0.340. The Balaban J connectivity index is 3.17. The molecule has 11 heavy (non-hydrogen) atoms. The molecule has 0 saturated carbocycles. The molecule has 0 aromatic carbocycles. The highest BCUT2D eigenvalue weighted by Gasteiger charge is 2.11. The van der Waals surface area contributed by atoms with Crippen molar-refractivity contribution in [2.24, 2.45) is 0 Å². The largest absolute Gasteiger partial charge is 0.278 e. The monoisotopic (exact) mass is 184 g/mol. The van der Waals surface area contributed by atoms with Gasteiger partial charge >= 0.3 is 0 Å². The van der Waals surface area contributed by atoms with Crippen LogP contribution in [0.3, 0.4) is 0 Å². The van der Waals surface area contributed by atoms with Crippen LogP contribution in [-0.2, 0) is 0 Å². The van der Waals surface area contributed by atoms with E-state index in [0.717, 1.165) is 5.56 Å². The fraction of sp³-hybridized carbons (Fsp3) is 0.125. The lowest BCUT2D eigenvalue weighted by Gasteiger charge is -1.88. The number of rotatable bonds is 1. The first-order valence-electron chi connectivity index (χ1n) is 2.91.